The number of nitrogens with zero attached hydrogens (tertiary/aromatic N) is 2. The summed E-state index contributed by atoms with van der Waals surface area (Å²) in [6.07, 6.45) is 1.58. The van der Waals surface area contributed by atoms with E-state index in [4.69, 9.17) is 21.1 Å². The normalized spacial score (nSPS) is 18.9. The van der Waals surface area contributed by atoms with Crippen molar-refractivity contribution in [1.29, 1.82) is 0 Å². The second-order valence-electron chi connectivity index (χ2n) is 9.24. The molecule has 0 radical (unpaired) electrons. The number of hydrogen-bond donors (Lipinski definition) is 1. The van der Waals surface area contributed by atoms with Crippen LogP contribution in [0.25, 0.3) is 0 Å². The van der Waals surface area contributed by atoms with Crippen molar-refractivity contribution in [3.05, 3.63) is 52.7 Å². The first-order valence-corrected chi connectivity index (χ1v) is 12.9. The number of nitrogens with one attached hydrogen (secondary N) is 1. The maximum Gasteiger partial charge on any atom is 0.410 e. The number of rotatable bonds is 6. The van der Waals surface area contributed by atoms with Gasteiger partial charge in [0.15, 0.2) is 0 Å². The summed E-state index contributed by atoms with van der Waals surface area (Å²) in [6.45, 7) is 7.68. The van der Waals surface area contributed by atoms with Crippen LogP contribution < -0.4 is 9.46 Å². The van der Waals surface area contributed by atoms with Crippen molar-refractivity contribution < 1.29 is 22.7 Å². The molecule has 0 saturated carbocycles. The lowest BCUT2D eigenvalue weighted by molar-refractivity contribution is 0.0218. The molecule has 0 spiro atoms. The van der Waals surface area contributed by atoms with E-state index in [9.17, 15) is 13.2 Å². The number of halogens is 1. The van der Waals surface area contributed by atoms with E-state index in [1.54, 1.807) is 37.8 Å². The third-order valence-corrected chi connectivity index (χ3v) is 6.06. The summed E-state index contributed by atoms with van der Waals surface area (Å²) in [7, 11) is -3.45. The Balaban J connectivity index is 1.84. The highest BCUT2D eigenvalue weighted by Gasteiger charge is 2.40. The summed E-state index contributed by atoms with van der Waals surface area (Å²) in [4.78, 5) is 18.7. The number of benzene rings is 1. The van der Waals surface area contributed by atoms with Crippen LogP contribution in [0.3, 0.4) is 0 Å². The fraction of sp³-hybridized carbons (Fsp3) is 0.478. The Kier molecular flexibility index (Phi) is 7.55. The number of likely N-dealkylation sites (tertiary alicyclic amines) is 1. The summed E-state index contributed by atoms with van der Waals surface area (Å²) in [6, 6.07) is 10.1. The van der Waals surface area contributed by atoms with Gasteiger partial charge in [-0.3, -0.25) is 0 Å². The third-order valence-electron chi connectivity index (χ3n) is 5.11. The molecule has 10 heteroatoms. The third kappa shape index (κ3) is 7.31. The molecule has 2 heterocycles. The fourth-order valence-corrected chi connectivity index (χ4v) is 4.71. The van der Waals surface area contributed by atoms with Crippen LogP contribution in [0.5, 0.6) is 11.6 Å². The Morgan fingerprint density at radius 2 is 2.00 bits per heavy atom. The van der Waals surface area contributed by atoms with E-state index in [-0.39, 0.29) is 0 Å². The molecule has 1 fully saturated rings. The molecule has 0 unspecified atom stereocenters. The molecule has 180 valence electrons. The maximum atomic E-state index is 12.8. The summed E-state index contributed by atoms with van der Waals surface area (Å²) >= 11 is 5.99. The van der Waals surface area contributed by atoms with Gasteiger partial charge in [0, 0.05) is 18.2 Å². The molecule has 1 aromatic carbocycles. The van der Waals surface area contributed by atoms with Crippen molar-refractivity contribution in [3.63, 3.8) is 0 Å². The molecular weight excluding hydrogens is 466 g/mol. The first-order chi connectivity index (χ1) is 15.3. The summed E-state index contributed by atoms with van der Waals surface area (Å²) in [5, 5.41) is 0.334. The van der Waals surface area contributed by atoms with E-state index < -0.39 is 33.8 Å². The highest BCUT2D eigenvalue weighted by molar-refractivity contribution is 7.88. The van der Waals surface area contributed by atoms with E-state index in [2.05, 4.69) is 9.71 Å². The summed E-state index contributed by atoms with van der Waals surface area (Å²) in [5.74, 6) is 0.979. The Morgan fingerprint density at radius 3 is 2.67 bits per heavy atom. The minimum absolute atomic E-state index is 0.334. The number of hydrogen-bond acceptors (Lipinski definition) is 6. The van der Waals surface area contributed by atoms with Crippen LogP contribution in [0.4, 0.5) is 4.79 Å². The van der Waals surface area contributed by atoms with Crippen molar-refractivity contribution in [1.82, 2.24) is 14.6 Å². The second-order valence-corrected chi connectivity index (χ2v) is 11.4. The molecule has 3 rings (SSSR count). The van der Waals surface area contributed by atoms with Crippen LogP contribution in [0.2, 0.25) is 5.15 Å². The van der Waals surface area contributed by atoms with Gasteiger partial charge in [0.2, 0.25) is 15.9 Å². The Bertz CT molecular complexity index is 1120. The van der Waals surface area contributed by atoms with Gasteiger partial charge < -0.3 is 14.4 Å². The Morgan fingerprint density at radius 1 is 1.27 bits per heavy atom. The molecule has 0 bridgehead atoms. The molecule has 1 aliphatic heterocycles. The van der Waals surface area contributed by atoms with Crippen LogP contribution in [0.1, 0.15) is 38.3 Å². The lowest BCUT2D eigenvalue weighted by Crippen LogP contribution is -2.48. The minimum atomic E-state index is -3.45. The average molecular weight is 496 g/mol. The van der Waals surface area contributed by atoms with E-state index >= 15 is 0 Å². The highest BCUT2D eigenvalue weighted by atomic mass is 35.5. The van der Waals surface area contributed by atoms with E-state index in [0.29, 0.717) is 36.2 Å². The first-order valence-electron chi connectivity index (χ1n) is 10.7. The van der Waals surface area contributed by atoms with E-state index in [1.807, 2.05) is 31.2 Å². The zero-order valence-electron chi connectivity index (χ0n) is 19.5. The van der Waals surface area contributed by atoms with Gasteiger partial charge in [-0.1, -0.05) is 29.8 Å². The second kappa shape index (κ2) is 9.87. The molecule has 1 aromatic heterocycles. The number of amides is 1. The molecule has 1 N–H and O–H groups in total. The topological polar surface area (TPSA) is 97.8 Å². The molecule has 0 aliphatic carbocycles. The zero-order chi connectivity index (χ0) is 24.4. The predicted molar refractivity (Wildman–Crippen MR) is 127 cm³/mol. The van der Waals surface area contributed by atoms with Gasteiger partial charge in [-0.15, -0.1) is 0 Å². The number of pyridine rings is 1. The molecular formula is C23H30ClN3O5S. The Labute approximate surface area is 200 Å². The van der Waals surface area contributed by atoms with Gasteiger partial charge in [-0.05, 0) is 64.3 Å². The van der Waals surface area contributed by atoms with Gasteiger partial charge in [-0.2, -0.15) is 0 Å². The van der Waals surface area contributed by atoms with Crippen molar-refractivity contribution in [2.45, 2.75) is 58.2 Å². The number of aromatic nitrogens is 1. The lowest BCUT2D eigenvalue weighted by Gasteiger charge is -2.31. The van der Waals surface area contributed by atoms with Gasteiger partial charge >= 0.3 is 6.09 Å². The quantitative estimate of drug-likeness (QED) is 0.600. The number of carbonyl (C=O) groups excluding carboxylic acids is 1. The van der Waals surface area contributed by atoms with Crippen molar-refractivity contribution >= 4 is 27.7 Å². The lowest BCUT2D eigenvalue weighted by atomic mass is 10.0. The molecule has 33 heavy (non-hydrogen) atoms. The van der Waals surface area contributed by atoms with Crippen LogP contribution in [-0.2, 0) is 21.2 Å². The summed E-state index contributed by atoms with van der Waals surface area (Å²) in [5.41, 5.74) is 1.07. The SMILES string of the molecule is Cc1ccc(Cl)nc1Oc1cccc(C[C@H]2[C@@H](NS(C)(=O)=O)CCN2C(=O)OC(C)(C)C)c1. The van der Waals surface area contributed by atoms with Crippen LogP contribution in [-0.4, -0.2) is 54.9 Å². The number of ether oxygens (including phenoxy) is 2. The fourth-order valence-electron chi connectivity index (χ4n) is 3.75. The molecule has 2 aromatic rings. The minimum Gasteiger partial charge on any atom is -0.444 e. The monoisotopic (exact) mass is 495 g/mol. The number of sulfonamides is 1. The maximum absolute atomic E-state index is 12.8. The summed E-state index contributed by atoms with van der Waals surface area (Å²) < 4.78 is 38.0. The van der Waals surface area contributed by atoms with Gasteiger partial charge in [-0.25, -0.2) is 22.9 Å². The highest BCUT2D eigenvalue weighted by Crippen LogP contribution is 2.28. The molecule has 1 amide bonds. The van der Waals surface area contributed by atoms with Crippen molar-refractivity contribution in [2.75, 3.05) is 12.8 Å². The molecule has 2 atom stereocenters. The molecule has 8 nitrogen and oxygen atoms in total. The molecule has 1 saturated heterocycles. The predicted octanol–water partition coefficient (Wildman–Crippen LogP) is 4.31. The standard InChI is InChI=1S/C23H30ClN3O5S/c1-15-9-10-20(24)25-21(15)31-17-8-6-7-16(13-17)14-19-18(26-33(5,29)30)11-12-27(19)22(28)32-23(2,3)4/h6-10,13,18-19,26H,11-12,14H2,1-5H3/t18-,19-/m0/s1. The number of carbonyl (C=O) groups is 1. The largest absolute Gasteiger partial charge is 0.444 e. The van der Waals surface area contributed by atoms with Gasteiger partial charge in [0.05, 0.1) is 12.3 Å². The van der Waals surface area contributed by atoms with E-state index in [1.165, 1.54) is 0 Å². The number of aryl methyl sites for hydroxylation is 1. The molecule has 1 aliphatic rings. The Hall–Kier alpha value is -2.36. The van der Waals surface area contributed by atoms with E-state index in [0.717, 1.165) is 17.4 Å². The smallest absolute Gasteiger partial charge is 0.410 e. The first kappa shape index (κ1) is 25.3. The van der Waals surface area contributed by atoms with Crippen molar-refractivity contribution in [3.8, 4) is 11.6 Å². The van der Waals surface area contributed by atoms with Gasteiger partial charge in [0.1, 0.15) is 16.5 Å². The average Bonchev–Trinajstić information content (AvgIpc) is 3.04. The van der Waals surface area contributed by atoms with Crippen LogP contribution in [0.15, 0.2) is 36.4 Å². The van der Waals surface area contributed by atoms with Gasteiger partial charge in [0.25, 0.3) is 0 Å². The zero-order valence-corrected chi connectivity index (χ0v) is 21.0. The van der Waals surface area contributed by atoms with Crippen LogP contribution >= 0.6 is 11.6 Å². The van der Waals surface area contributed by atoms with Crippen LogP contribution in [0, 0.1) is 6.92 Å². The van der Waals surface area contributed by atoms with Crippen molar-refractivity contribution in [2.24, 2.45) is 0 Å².